The van der Waals surface area contributed by atoms with E-state index in [9.17, 15) is 5.11 Å². The van der Waals surface area contributed by atoms with Gasteiger partial charge in [0, 0.05) is 28.0 Å². The number of benzene rings is 1. The molecule has 6 heteroatoms. The quantitative estimate of drug-likeness (QED) is 0.841. The number of nitrogens with two attached hydrogens (primary N) is 1. The third-order valence-corrected chi connectivity index (χ3v) is 2.88. The molecule has 1 aromatic heterocycles. The molecule has 1 atom stereocenters. The molecule has 19 heavy (non-hydrogen) atoms. The number of aryl methyl sites for hydroxylation is 1. The highest BCUT2D eigenvalue weighted by Gasteiger charge is 2.18. The van der Waals surface area contributed by atoms with Crippen LogP contribution in [0.2, 0.25) is 5.02 Å². The van der Waals surface area contributed by atoms with Crippen molar-refractivity contribution in [3.8, 4) is 5.88 Å². The highest BCUT2D eigenvalue weighted by atomic mass is 35.5. The number of nitrogen functional groups attached to an aromatic ring is 1. The maximum Gasteiger partial charge on any atom is 0.216 e. The maximum atomic E-state index is 10.3. The third-order valence-electron chi connectivity index (χ3n) is 2.65. The number of methoxy groups -OCH3 is 1. The molecule has 0 saturated carbocycles. The Morgan fingerprint density at radius 1 is 1.32 bits per heavy atom. The minimum atomic E-state index is -1.02. The van der Waals surface area contributed by atoms with Crippen molar-refractivity contribution in [3.63, 3.8) is 0 Å². The Morgan fingerprint density at radius 2 is 2.05 bits per heavy atom. The fourth-order valence-corrected chi connectivity index (χ4v) is 1.90. The maximum absolute atomic E-state index is 10.3. The van der Waals surface area contributed by atoms with E-state index in [0.29, 0.717) is 27.8 Å². The van der Waals surface area contributed by atoms with Gasteiger partial charge in [0.2, 0.25) is 5.88 Å². The molecule has 0 bridgehead atoms. The number of hydrogen-bond donors (Lipinski definition) is 2. The number of aromatic nitrogens is 2. The minimum absolute atomic E-state index is 0.242. The molecule has 0 saturated heterocycles. The average molecular weight is 280 g/mol. The second kappa shape index (κ2) is 5.42. The monoisotopic (exact) mass is 279 g/mol. The number of rotatable bonds is 3. The molecule has 1 unspecified atom stereocenters. The topological polar surface area (TPSA) is 81.3 Å². The normalized spacial score (nSPS) is 12.2. The average Bonchev–Trinajstić information content (AvgIpc) is 2.37. The molecule has 5 nitrogen and oxygen atoms in total. The Bertz CT molecular complexity index is 604. The third kappa shape index (κ3) is 2.94. The van der Waals surface area contributed by atoms with E-state index in [4.69, 9.17) is 22.1 Å². The van der Waals surface area contributed by atoms with Gasteiger partial charge in [-0.3, -0.25) is 0 Å². The summed E-state index contributed by atoms with van der Waals surface area (Å²) in [6.45, 7) is 1.80. The van der Waals surface area contributed by atoms with Crippen LogP contribution in [-0.4, -0.2) is 22.2 Å². The Hall–Kier alpha value is -1.85. The van der Waals surface area contributed by atoms with E-state index in [-0.39, 0.29) is 5.82 Å². The van der Waals surface area contributed by atoms with Crippen LogP contribution in [-0.2, 0) is 0 Å². The number of nitrogens with zero attached hydrogens (tertiary/aromatic N) is 2. The van der Waals surface area contributed by atoms with E-state index >= 15 is 0 Å². The summed E-state index contributed by atoms with van der Waals surface area (Å²) in [5, 5.41) is 10.8. The van der Waals surface area contributed by atoms with Gasteiger partial charge in [0.1, 0.15) is 6.10 Å². The lowest BCUT2D eigenvalue weighted by atomic mass is 10.1. The molecule has 0 aliphatic rings. The SMILES string of the molecule is COc1cc(C)nc(C(O)c2ccc(Cl)cc2N)n1. The van der Waals surface area contributed by atoms with Crippen LogP contribution >= 0.6 is 11.6 Å². The van der Waals surface area contributed by atoms with Gasteiger partial charge in [-0.2, -0.15) is 4.98 Å². The van der Waals surface area contributed by atoms with Crippen molar-refractivity contribution in [1.29, 1.82) is 0 Å². The van der Waals surface area contributed by atoms with Gasteiger partial charge in [-0.15, -0.1) is 0 Å². The number of anilines is 1. The molecule has 0 amide bonds. The second-order valence-electron chi connectivity index (χ2n) is 4.09. The van der Waals surface area contributed by atoms with Crippen molar-refractivity contribution in [2.75, 3.05) is 12.8 Å². The van der Waals surface area contributed by atoms with Gasteiger partial charge in [-0.25, -0.2) is 4.98 Å². The van der Waals surface area contributed by atoms with E-state index in [2.05, 4.69) is 9.97 Å². The zero-order valence-corrected chi connectivity index (χ0v) is 11.3. The van der Waals surface area contributed by atoms with Crippen molar-refractivity contribution in [1.82, 2.24) is 9.97 Å². The summed E-state index contributed by atoms with van der Waals surface area (Å²) in [5.41, 5.74) is 7.44. The van der Waals surface area contributed by atoms with Gasteiger partial charge >= 0.3 is 0 Å². The smallest absolute Gasteiger partial charge is 0.216 e. The van der Waals surface area contributed by atoms with Crippen LogP contribution < -0.4 is 10.5 Å². The standard InChI is InChI=1S/C13H14ClN3O2/c1-7-5-11(19-2)17-13(16-7)12(18)9-4-3-8(14)6-10(9)15/h3-6,12,18H,15H2,1-2H3. The Kier molecular flexibility index (Phi) is 3.87. The lowest BCUT2D eigenvalue weighted by Crippen LogP contribution is -2.09. The molecule has 2 aromatic rings. The summed E-state index contributed by atoms with van der Waals surface area (Å²) in [6, 6.07) is 6.57. The largest absolute Gasteiger partial charge is 0.481 e. The van der Waals surface area contributed by atoms with Gasteiger partial charge in [0.25, 0.3) is 0 Å². The van der Waals surface area contributed by atoms with Crippen molar-refractivity contribution in [3.05, 3.63) is 46.4 Å². The van der Waals surface area contributed by atoms with Gasteiger partial charge in [0.05, 0.1) is 7.11 Å². The van der Waals surface area contributed by atoms with Crippen molar-refractivity contribution in [2.24, 2.45) is 0 Å². The fourth-order valence-electron chi connectivity index (χ4n) is 1.72. The van der Waals surface area contributed by atoms with E-state index in [1.54, 1.807) is 31.2 Å². The molecule has 100 valence electrons. The van der Waals surface area contributed by atoms with Gasteiger partial charge in [-0.1, -0.05) is 17.7 Å². The molecule has 0 radical (unpaired) electrons. The summed E-state index contributed by atoms with van der Waals surface area (Å²) in [5.74, 6) is 0.639. The predicted octanol–water partition coefficient (Wildman–Crippen LogP) is 2.11. The van der Waals surface area contributed by atoms with Crippen LogP contribution in [0, 0.1) is 6.92 Å². The van der Waals surface area contributed by atoms with E-state index in [1.165, 1.54) is 7.11 Å². The molecule has 0 aliphatic heterocycles. The summed E-state index contributed by atoms with van der Waals surface area (Å²) in [6.07, 6.45) is -1.02. The van der Waals surface area contributed by atoms with Crippen LogP contribution in [0.4, 0.5) is 5.69 Å². The molecule has 0 aliphatic carbocycles. The van der Waals surface area contributed by atoms with Crippen molar-refractivity contribution in [2.45, 2.75) is 13.0 Å². The van der Waals surface area contributed by atoms with Gasteiger partial charge in [-0.05, 0) is 19.1 Å². The van der Waals surface area contributed by atoms with Crippen LogP contribution in [0.1, 0.15) is 23.2 Å². The van der Waals surface area contributed by atoms with E-state index in [1.807, 2.05) is 0 Å². The van der Waals surface area contributed by atoms with Gasteiger partial charge in [0.15, 0.2) is 5.82 Å². The minimum Gasteiger partial charge on any atom is -0.481 e. The first-order chi connectivity index (χ1) is 9.01. The molecular formula is C13H14ClN3O2. The first-order valence-corrected chi connectivity index (χ1v) is 6.01. The highest BCUT2D eigenvalue weighted by Crippen LogP contribution is 2.28. The van der Waals surface area contributed by atoms with E-state index < -0.39 is 6.10 Å². The van der Waals surface area contributed by atoms with Crippen molar-refractivity contribution >= 4 is 17.3 Å². The summed E-state index contributed by atoms with van der Waals surface area (Å²) < 4.78 is 5.06. The Balaban J connectivity index is 2.43. The molecule has 3 N–H and O–H groups in total. The number of aliphatic hydroxyl groups excluding tert-OH is 1. The number of aliphatic hydroxyl groups is 1. The molecule has 1 aromatic carbocycles. The van der Waals surface area contributed by atoms with Gasteiger partial charge < -0.3 is 15.6 Å². The lowest BCUT2D eigenvalue weighted by Gasteiger charge is -2.13. The molecule has 1 heterocycles. The molecule has 0 spiro atoms. The van der Waals surface area contributed by atoms with Crippen LogP contribution in [0.15, 0.2) is 24.3 Å². The predicted molar refractivity (Wildman–Crippen MR) is 73.2 cm³/mol. The lowest BCUT2D eigenvalue weighted by molar-refractivity contribution is 0.208. The van der Waals surface area contributed by atoms with Crippen LogP contribution in [0.5, 0.6) is 5.88 Å². The number of hydrogen-bond acceptors (Lipinski definition) is 5. The Labute approximate surface area is 116 Å². The molecular weight excluding hydrogens is 266 g/mol. The number of halogens is 1. The molecule has 2 rings (SSSR count). The first kappa shape index (κ1) is 13.6. The second-order valence-corrected chi connectivity index (χ2v) is 4.52. The highest BCUT2D eigenvalue weighted by molar-refractivity contribution is 6.30. The molecule has 0 fully saturated rings. The fraction of sp³-hybridized carbons (Fsp3) is 0.231. The summed E-state index contributed by atoms with van der Waals surface area (Å²) >= 11 is 5.83. The van der Waals surface area contributed by atoms with E-state index in [0.717, 1.165) is 0 Å². The zero-order chi connectivity index (χ0) is 14.0. The number of ether oxygens (including phenoxy) is 1. The van der Waals surface area contributed by atoms with Crippen LogP contribution in [0.3, 0.4) is 0 Å². The van der Waals surface area contributed by atoms with Crippen molar-refractivity contribution < 1.29 is 9.84 Å². The zero-order valence-electron chi connectivity index (χ0n) is 10.6. The summed E-state index contributed by atoms with van der Waals surface area (Å²) in [4.78, 5) is 8.31. The first-order valence-electron chi connectivity index (χ1n) is 5.64. The summed E-state index contributed by atoms with van der Waals surface area (Å²) in [7, 11) is 1.51. The van der Waals surface area contributed by atoms with Crippen LogP contribution in [0.25, 0.3) is 0 Å². The Morgan fingerprint density at radius 3 is 2.68 bits per heavy atom.